The summed E-state index contributed by atoms with van der Waals surface area (Å²) in [5.41, 5.74) is 2.71. The number of carbonyl (C=O) groups is 1. The van der Waals surface area contributed by atoms with Crippen LogP contribution < -0.4 is 10.1 Å². The minimum absolute atomic E-state index is 0.0780. The Labute approximate surface area is 167 Å². The van der Waals surface area contributed by atoms with Crippen LogP contribution in [0.1, 0.15) is 21.9 Å². The zero-order chi connectivity index (χ0) is 20.1. The van der Waals surface area contributed by atoms with Crippen molar-refractivity contribution >= 4 is 39.4 Å². The van der Waals surface area contributed by atoms with Gasteiger partial charge in [0.25, 0.3) is 15.9 Å². The summed E-state index contributed by atoms with van der Waals surface area (Å²) in [5.74, 6) is 0.643. The van der Waals surface area contributed by atoms with E-state index in [9.17, 15) is 13.2 Å². The van der Waals surface area contributed by atoms with Gasteiger partial charge < -0.3 is 4.42 Å². The number of nitrogens with zero attached hydrogens (tertiary/aromatic N) is 1. The van der Waals surface area contributed by atoms with Crippen molar-refractivity contribution in [2.24, 2.45) is 5.10 Å². The van der Waals surface area contributed by atoms with Crippen LogP contribution in [-0.4, -0.2) is 20.5 Å². The number of aryl methyl sites for hydroxylation is 1. The Balaban J connectivity index is 1.74. The minimum Gasteiger partial charge on any atom is -0.460 e. The lowest BCUT2D eigenvalue weighted by Crippen LogP contribution is -2.19. The van der Waals surface area contributed by atoms with E-state index in [-0.39, 0.29) is 21.2 Å². The van der Waals surface area contributed by atoms with Gasteiger partial charge in [-0.25, -0.2) is 13.8 Å². The molecule has 0 bridgehead atoms. The van der Waals surface area contributed by atoms with Crippen LogP contribution in [0.15, 0.2) is 75.1 Å². The predicted octanol–water partition coefficient (Wildman–Crippen LogP) is 3.81. The van der Waals surface area contributed by atoms with Crippen molar-refractivity contribution < 1.29 is 17.6 Å². The SMILES string of the molecule is Cc1ccc(/C=N\NC(=O)c2cccc(S(=O)(=O)Nc3ccccc3Cl)c2)o1. The van der Waals surface area contributed by atoms with Crippen LogP contribution in [0.25, 0.3) is 0 Å². The van der Waals surface area contributed by atoms with E-state index >= 15 is 0 Å². The molecular weight excluding hydrogens is 402 g/mol. The van der Waals surface area contributed by atoms with Gasteiger partial charge in [0, 0.05) is 5.56 Å². The van der Waals surface area contributed by atoms with E-state index in [0.29, 0.717) is 5.76 Å². The predicted molar refractivity (Wildman–Crippen MR) is 107 cm³/mol. The third kappa shape index (κ3) is 4.79. The molecule has 0 radical (unpaired) electrons. The van der Waals surface area contributed by atoms with E-state index in [0.717, 1.165) is 5.76 Å². The molecule has 3 aromatic rings. The zero-order valence-electron chi connectivity index (χ0n) is 14.7. The summed E-state index contributed by atoms with van der Waals surface area (Å²) in [6.45, 7) is 1.79. The van der Waals surface area contributed by atoms with Gasteiger partial charge >= 0.3 is 0 Å². The van der Waals surface area contributed by atoms with E-state index in [2.05, 4.69) is 15.2 Å². The fourth-order valence-corrected chi connectivity index (χ4v) is 3.66. The molecule has 144 valence electrons. The maximum atomic E-state index is 12.6. The molecule has 0 aliphatic heterocycles. The van der Waals surface area contributed by atoms with Gasteiger partial charge in [-0.2, -0.15) is 5.10 Å². The molecule has 3 rings (SSSR count). The van der Waals surface area contributed by atoms with Crippen molar-refractivity contribution in [3.05, 3.63) is 82.8 Å². The molecule has 0 saturated carbocycles. The molecule has 0 saturated heterocycles. The van der Waals surface area contributed by atoms with Crippen LogP contribution in [0.5, 0.6) is 0 Å². The third-order valence-electron chi connectivity index (χ3n) is 3.64. The van der Waals surface area contributed by atoms with Crippen LogP contribution in [0.3, 0.4) is 0 Å². The zero-order valence-corrected chi connectivity index (χ0v) is 16.3. The number of anilines is 1. The molecule has 1 aromatic heterocycles. The Morgan fingerprint density at radius 1 is 1.11 bits per heavy atom. The minimum atomic E-state index is -3.92. The fraction of sp³-hybridized carbons (Fsp3) is 0.0526. The molecule has 0 unspecified atom stereocenters. The van der Waals surface area contributed by atoms with Crippen molar-refractivity contribution in [2.75, 3.05) is 4.72 Å². The third-order valence-corrected chi connectivity index (χ3v) is 5.34. The molecule has 2 N–H and O–H groups in total. The summed E-state index contributed by atoms with van der Waals surface area (Å²) in [7, 11) is -3.92. The van der Waals surface area contributed by atoms with Crippen molar-refractivity contribution in [3.8, 4) is 0 Å². The Morgan fingerprint density at radius 3 is 2.61 bits per heavy atom. The summed E-state index contributed by atoms with van der Waals surface area (Å²) in [6, 6.07) is 15.5. The number of para-hydroxylation sites is 1. The normalized spacial score (nSPS) is 11.5. The molecule has 0 atom stereocenters. The number of hydrogen-bond donors (Lipinski definition) is 2. The monoisotopic (exact) mass is 417 g/mol. The molecule has 0 spiro atoms. The van der Waals surface area contributed by atoms with Crippen LogP contribution in [0, 0.1) is 6.92 Å². The van der Waals surface area contributed by atoms with Gasteiger partial charge in [-0.15, -0.1) is 0 Å². The quantitative estimate of drug-likeness (QED) is 0.470. The van der Waals surface area contributed by atoms with Crippen molar-refractivity contribution in [2.45, 2.75) is 11.8 Å². The average molecular weight is 418 g/mol. The number of hydrogen-bond acceptors (Lipinski definition) is 5. The number of benzene rings is 2. The largest absolute Gasteiger partial charge is 0.460 e. The summed E-state index contributed by atoms with van der Waals surface area (Å²) < 4.78 is 32.9. The highest BCUT2D eigenvalue weighted by Gasteiger charge is 2.17. The summed E-state index contributed by atoms with van der Waals surface area (Å²) in [4.78, 5) is 12.2. The lowest BCUT2D eigenvalue weighted by atomic mass is 10.2. The number of carbonyl (C=O) groups excluding carboxylic acids is 1. The second kappa shape index (κ2) is 8.28. The molecule has 1 amide bonds. The van der Waals surface area contributed by atoms with Crippen LogP contribution >= 0.6 is 11.6 Å². The number of furan rings is 1. The van der Waals surface area contributed by atoms with Crippen LogP contribution in [0.2, 0.25) is 5.02 Å². The first-order valence-electron chi connectivity index (χ1n) is 8.12. The van der Waals surface area contributed by atoms with Gasteiger partial charge in [-0.05, 0) is 49.4 Å². The summed E-state index contributed by atoms with van der Waals surface area (Å²) in [6.07, 6.45) is 1.35. The lowest BCUT2D eigenvalue weighted by molar-refractivity contribution is 0.0955. The molecule has 0 fully saturated rings. The van der Waals surface area contributed by atoms with Gasteiger partial charge in [0.2, 0.25) is 0 Å². The average Bonchev–Trinajstić information content (AvgIpc) is 3.08. The number of rotatable bonds is 6. The van der Waals surface area contributed by atoms with Crippen molar-refractivity contribution in [1.82, 2.24) is 5.43 Å². The molecule has 9 heteroatoms. The molecule has 1 heterocycles. The number of halogens is 1. The van der Waals surface area contributed by atoms with Crippen molar-refractivity contribution in [1.29, 1.82) is 0 Å². The first-order valence-corrected chi connectivity index (χ1v) is 9.98. The molecule has 28 heavy (non-hydrogen) atoms. The number of hydrazone groups is 1. The van der Waals surface area contributed by atoms with Gasteiger partial charge in [-0.3, -0.25) is 9.52 Å². The molecule has 0 aliphatic carbocycles. The first-order chi connectivity index (χ1) is 13.3. The Kier molecular flexibility index (Phi) is 5.81. The smallest absolute Gasteiger partial charge is 0.271 e. The van der Waals surface area contributed by atoms with Gasteiger partial charge in [0.15, 0.2) is 0 Å². The standard InChI is InChI=1S/C19H16ClN3O4S/c1-13-9-10-15(27-13)12-21-22-19(24)14-5-4-6-16(11-14)28(25,26)23-18-8-3-2-7-17(18)20/h2-12,23H,1H3,(H,22,24)/b21-12-. The van der Waals surface area contributed by atoms with Crippen molar-refractivity contribution in [3.63, 3.8) is 0 Å². The summed E-state index contributed by atoms with van der Waals surface area (Å²) in [5, 5.41) is 4.07. The highest BCUT2D eigenvalue weighted by atomic mass is 35.5. The Morgan fingerprint density at radius 2 is 1.89 bits per heavy atom. The maximum Gasteiger partial charge on any atom is 0.271 e. The van der Waals surface area contributed by atoms with Crippen LogP contribution in [-0.2, 0) is 10.0 Å². The first kappa shape index (κ1) is 19.7. The molecule has 0 aliphatic rings. The van der Waals surface area contributed by atoms with E-state index in [4.69, 9.17) is 16.0 Å². The Bertz CT molecular complexity index is 1140. The topological polar surface area (TPSA) is 101 Å². The van der Waals surface area contributed by atoms with E-state index in [1.807, 2.05) is 0 Å². The highest BCUT2D eigenvalue weighted by Crippen LogP contribution is 2.24. The number of nitrogens with one attached hydrogen (secondary N) is 2. The molecular formula is C19H16ClN3O4S. The molecule has 2 aromatic carbocycles. The van der Waals surface area contributed by atoms with E-state index in [1.54, 1.807) is 43.3 Å². The Hall–Kier alpha value is -3.10. The van der Waals surface area contributed by atoms with Gasteiger partial charge in [-0.1, -0.05) is 29.8 Å². The number of amides is 1. The maximum absolute atomic E-state index is 12.6. The van der Waals surface area contributed by atoms with E-state index in [1.165, 1.54) is 30.5 Å². The number of sulfonamides is 1. The second-order valence-electron chi connectivity index (χ2n) is 5.76. The van der Waals surface area contributed by atoms with Gasteiger partial charge in [0.1, 0.15) is 11.5 Å². The molecule has 7 nitrogen and oxygen atoms in total. The fourth-order valence-electron chi connectivity index (χ4n) is 2.29. The highest BCUT2D eigenvalue weighted by molar-refractivity contribution is 7.92. The van der Waals surface area contributed by atoms with Gasteiger partial charge in [0.05, 0.1) is 21.8 Å². The second-order valence-corrected chi connectivity index (χ2v) is 7.85. The lowest BCUT2D eigenvalue weighted by Gasteiger charge is -2.10. The summed E-state index contributed by atoms with van der Waals surface area (Å²) >= 11 is 5.99. The van der Waals surface area contributed by atoms with E-state index < -0.39 is 15.9 Å². The van der Waals surface area contributed by atoms with Crippen LogP contribution in [0.4, 0.5) is 5.69 Å².